The second-order valence-electron chi connectivity index (χ2n) is 12.4. The van der Waals surface area contributed by atoms with Crippen LogP contribution in [0.1, 0.15) is 64.5 Å². The van der Waals surface area contributed by atoms with Crippen LogP contribution in [-0.4, -0.2) is 60.0 Å². The van der Waals surface area contributed by atoms with Gasteiger partial charge in [0.15, 0.2) is 0 Å². The molecule has 0 aliphatic carbocycles. The molecule has 0 unspecified atom stereocenters. The van der Waals surface area contributed by atoms with Crippen LogP contribution >= 0.6 is 0 Å². The maximum Gasteiger partial charge on any atom is 0.289 e. The topological polar surface area (TPSA) is 163 Å². The van der Waals surface area contributed by atoms with Crippen molar-refractivity contribution in [2.45, 2.75) is 84.5 Å². The summed E-state index contributed by atoms with van der Waals surface area (Å²) >= 11 is 0. The summed E-state index contributed by atoms with van der Waals surface area (Å²) in [5.41, 5.74) is 0.866. The highest BCUT2D eigenvalue weighted by Gasteiger charge is 2.36. The zero-order valence-corrected chi connectivity index (χ0v) is 26.5. The normalized spacial score (nSPS) is 16.4. The highest BCUT2D eigenvalue weighted by Crippen LogP contribution is 2.18. The number of nitrogens with one attached hydrogen (secondary N) is 5. The molecule has 11 heteroatoms. The van der Waals surface area contributed by atoms with E-state index in [0.717, 1.165) is 11.1 Å². The highest BCUT2D eigenvalue weighted by atomic mass is 16.2. The highest BCUT2D eigenvalue weighted by molar-refractivity contribution is 6.38. The van der Waals surface area contributed by atoms with Crippen molar-refractivity contribution in [2.24, 2.45) is 11.3 Å². The van der Waals surface area contributed by atoms with Gasteiger partial charge in [-0.1, -0.05) is 94.8 Å². The standard InChI is InChI=1S/C34H45N5O6/c1-5-12-25(37-31(43)27(39-33(45)34(2,3)4)19-22-13-8-6-9-14-22)30(42)38-26(20-24-17-18-35-29(24)41)28(40)32(44)36-21-23-15-10-7-11-16-23/h6-11,13-16,24-27H,5,12,17-21H2,1-4H3,(H,35,41)(H,36,44)(H,37,43)(H,38,42)(H,39,45)/t24-,25-,26-,27+/m0/s1. The van der Waals surface area contributed by atoms with Crippen molar-refractivity contribution in [2.75, 3.05) is 6.54 Å². The van der Waals surface area contributed by atoms with Crippen molar-refractivity contribution in [1.82, 2.24) is 26.6 Å². The van der Waals surface area contributed by atoms with Crippen molar-refractivity contribution in [3.8, 4) is 0 Å². The van der Waals surface area contributed by atoms with E-state index in [1.54, 1.807) is 32.9 Å². The van der Waals surface area contributed by atoms with Crippen molar-refractivity contribution in [3.63, 3.8) is 0 Å². The number of carbonyl (C=O) groups excluding carboxylic acids is 6. The van der Waals surface area contributed by atoms with Gasteiger partial charge >= 0.3 is 0 Å². The Balaban J connectivity index is 1.76. The molecule has 0 aromatic heterocycles. The lowest BCUT2D eigenvalue weighted by atomic mass is 9.94. The van der Waals surface area contributed by atoms with Gasteiger partial charge in [-0.15, -0.1) is 0 Å². The molecule has 5 N–H and O–H groups in total. The summed E-state index contributed by atoms with van der Waals surface area (Å²) in [5, 5.41) is 13.5. The summed E-state index contributed by atoms with van der Waals surface area (Å²) in [6.45, 7) is 7.63. The van der Waals surface area contributed by atoms with Crippen molar-refractivity contribution < 1.29 is 28.8 Å². The Morgan fingerprint density at radius 1 is 0.822 bits per heavy atom. The third-order valence-electron chi connectivity index (χ3n) is 7.63. The summed E-state index contributed by atoms with van der Waals surface area (Å²) < 4.78 is 0. The molecular weight excluding hydrogens is 574 g/mol. The predicted molar refractivity (Wildman–Crippen MR) is 169 cm³/mol. The van der Waals surface area contributed by atoms with E-state index in [-0.39, 0.29) is 37.6 Å². The molecule has 2 aromatic carbocycles. The maximum absolute atomic E-state index is 13.6. The molecule has 45 heavy (non-hydrogen) atoms. The first-order valence-electron chi connectivity index (χ1n) is 15.5. The Morgan fingerprint density at radius 2 is 1.40 bits per heavy atom. The SMILES string of the molecule is CCC[C@H](NC(=O)[C@@H](Cc1ccccc1)NC(=O)C(C)(C)C)C(=O)N[C@@H](C[C@@H]1CCNC1=O)C(=O)C(=O)NCc1ccccc1. The number of carbonyl (C=O) groups is 6. The molecule has 1 fully saturated rings. The molecule has 11 nitrogen and oxygen atoms in total. The average molecular weight is 620 g/mol. The minimum atomic E-state index is -1.28. The van der Waals surface area contributed by atoms with Gasteiger partial charge in [0.2, 0.25) is 29.4 Å². The Bertz CT molecular complexity index is 1340. The number of Topliss-reactive ketones (excluding diaryl/α,β-unsaturated/α-hetero) is 1. The second kappa shape index (κ2) is 16.5. The zero-order valence-electron chi connectivity index (χ0n) is 26.5. The quantitative estimate of drug-likeness (QED) is 0.191. The lowest BCUT2D eigenvalue weighted by molar-refractivity contribution is -0.141. The molecule has 5 amide bonds. The van der Waals surface area contributed by atoms with E-state index in [0.29, 0.717) is 19.4 Å². The van der Waals surface area contributed by atoms with Crippen LogP contribution in [0, 0.1) is 11.3 Å². The van der Waals surface area contributed by atoms with Crippen molar-refractivity contribution >= 4 is 35.3 Å². The van der Waals surface area contributed by atoms with Crippen LogP contribution in [0.2, 0.25) is 0 Å². The van der Waals surface area contributed by atoms with E-state index >= 15 is 0 Å². The van der Waals surface area contributed by atoms with E-state index in [2.05, 4.69) is 26.6 Å². The van der Waals surface area contributed by atoms with E-state index in [9.17, 15) is 28.8 Å². The van der Waals surface area contributed by atoms with E-state index < -0.39 is 53.0 Å². The lowest BCUT2D eigenvalue weighted by Gasteiger charge is -2.27. The van der Waals surface area contributed by atoms with Gasteiger partial charge in [0, 0.05) is 30.8 Å². The Labute approximate surface area is 264 Å². The largest absolute Gasteiger partial charge is 0.356 e. The number of hydrogen-bond acceptors (Lipinski definition) is 6. The molecule has 0 bridgehead atoms. The fraction of sp³-hybridized carbons (Fsp3) is 0.471. The summed E-state index contributed by atoms with van der Waals surface area (Å²) in [5.74, 6) is -4.09. The molecule has 1 aliphatic rings. The van der Waals surface area contributed by atoms with Gasteiger partial charge in [0.05, 0.1) is 6.04 Å². The molecular formula is C34H45N5O6. The van der Waals surface area contributed by atoms with Crippen LogP contribution in [0.4, 0.5) is 0 Å². The molecule has 4 atom stereocenters. The van der Waals surface area contributed by atoms with Gasteiger partial charge in [-0.2, -0.15) is 0 Å². The fourth-order valence-electron chi connectivity index (χ4n) is 4.95. The maximum atomic E-state index is 13.6. The summed E-state index contributed by atoms with van der Waals surface area (Å²) in [7, 11) is 0. The third-order valence-corrected chi connectivity index (χ3v) is 7.63. The first-order valence-corrected chi connectivity index (χ1v) is 15.5. The lowest BCUT2D eigenvalue weighted by Crippen LogP contribution is -2.58. The van der Waals surface area contributed by atoms with Gasteiger partial charge in [0.1, 0.15) is 12.1 Å². The van der Waals surface area contributed by atoms with Crippen LogP contribution in [0.15, 0.2) is 60.7 Å². The van der Waals surface area contributed by atoms with Gasteiger partial charge in [-0.25, -0.2) is 0 Å². The molecule has 2 aromatic rings. The monoisotopic (exact) mass is 619 g/mol. The van der Waals surface area contributed by atoms with E-state index in [1.165, 1.54) is 0 Å². The molecule has 1 aliphatic heterocycles. The number of ketones is 1. The number of rotatable bonds is 15. The van der Waals surface area contributed by atoms with E-state index in [4.69, 9.17) is 0 Å². The molecule has 242 valence electrons. The summed E-state index contributed by atoms with van der Waals surface area (Å²) in [6, 6.07) is 15.0. The van der Waals surface area contributed by atoms with Crippen LogP contribution in [0.25, 0.3) is 0 Å². The molecule has 0 radical (unpaired) electrons. The average Bonchev–Trinajstić information content (AvgIpc) is 3.42. The molecule has 0 spiro atoms. The third kappa shape index (κ3) is 10.8. The summed E-state index contributed by atoms with van der Waals surface area (Å²) in [6.07, 6.45) is 1.38. The van der Waals surface area contributed by atoms with Crippen molar-refractivity contribution in [1.29, 1.82) is 0 Å². The van der Waals surface area contributed by atoms with Gasteiger partial charge in [-0.3, -0.25) is 28.8 Å². The fourth-order valence-corrected chi connectivity index (χ4v) is 4.95. The Morgan fingerprint density at radius 3 is 1.96 bits per heavy atom. The van der Waals surface area contributed by atoms with Gasteiger partial charge < -0.3 is 26.6 Å². The minimum Gasteiger partial charge on any atom is -0.356 e. The van der Waals surface area contributed by atoms with Gasteiger partial charge in [-0.05, 0) is 30.4 Å². The van der Waals surface area contributed by atoms with Crippen LogP contribution in [-0.2, 0) is 41.7 Å². The van der Waals surface area contributed by atoms with Crippen LogP contribution in [0.3, 0.4) is 0 Å². The molecule has 0 saturated carbocycles. The molecule has 1 heterocycles. The molecule has 1 saturated heterocycles. The predicted octanol–water partition coefficient (Wildman–Crippen LogP) is 1.94. The Kier molecular flexibility index (Phi) is 12.8. The van der Waals surface area contributed by atoms with Crippen molar-refractivity contribution in [3.05, 3.63) is 71.8 Å². The first-order chi connectivity index (χ1) is 21.4. The number of amides is 5. The first kappa shape index (κ1) is 34.9. The van der Waals surface area contributed by atoms with Crippen LogP contribution in [0.5, 0.6) is 0 Å². The van der Waals surface area contributed by atoms with E-state index in [1.807, 2.05) is 55.5 Å². The van der Waals surface area contributed by atoms with Crippen LogP contribution < -0.4 is 26.6 Å². The zero-order chi connectivity index (χ0) is 33.0. The second-order valence-corrected chi connectivity index (χ2v) is 12.4. The molecule has 3 rings (SSSR count). The minimum absolute atomic E-state index is 0.0553. The number of hydrogen-bond donors (Lipinski definition) is 5. The smallest absolute Gasteiger partial charge is 0.289 e. The summed E-state index contributed by atoms with van der Waals surface area (Å²) in [4.78, 5) is 78.6. The number of benzene rings is 2. The van der Waals surface area contributed by atoms with Gasteiger partial charge in [0.25, 0.3) is 5.91 Å². The Hall–Kier alpha value is -4.54.